The second-order valence-electron chi connectivity index (χ2n) is 14.4. The molecule has 4 nitrogen and oxygen atoms in total. The van der Waals surface area contributed by atoms with Gasteiger partial charge in [0, 0.05) is 66.9 Å². The highest BCUT2D eigenvalue weighted by molar-refractivity contribution is 7.27. The third-order valence-electron chi connectivity index (χ3n) is 10.9. The Morgan fingerprint density at radius 1 is 0.328 bits per heavy atom. The minimum absolute atomic E-state index is 0.563. The first-order valence-electron chi connectivity index (χ1n) is 19.2. The molecule has 0 N–H and O–H groups in total. The largest absolute Gasteiger partial charge is 0.277 e. The van der Waals surface area contributed by atoms with Crippen LogP contribution in [0.15, 0.2) is 182 Å². The number of fused-ring (bicyclic) bond motifs is 9. The summed E-state index contributed by atoms with van der Waals surface area (Å²) in [6.07, 6.45) is 0. The maximum absolute atomic E-state index is 5.48. The number of anilines is 3. The Balaban J connectivity index is 1.17. The average Bonchev–Trinajstić information content (AvgIpc) is 3.99. The van der Waals surface area contributed by atoms with Crippen molar-refractivity contribution in [3.8, 4) is 33.9 Å². The van der Waals surface area contributed by atoms with Crippen molar-refractivity contribution in [1.29, 1.82) is 0 Å². The molecule has 0 spiro atoms. The van der Waals surface area contributed by atoms with Crippen molar-refractivity contribution in [1.82, 2.24) is 15.0 Å². The summed E-state index contributed by atoms with van der Waals surface area (Å²) in [5.74, 6) is 1.80. The van der Waals surface area contributed by atoms with E-state index in [2.05, 4.69) is 181 Å². The number of hydrogen-bond donors (Lipinski definition) is 0. The minimum atomic E-state index is 0.563. The first kappa shape index (κ1) is 33.4. The summed E-state index contributed by atoms with van der Waals surface area (Å²) < 4.78 is 7.39. The molecule has 58 heavy (non-hydrogen) atoms. The van der Waals surface area contributed by atoms with Gasteiger partial charge in [0.2, 0.25) is 5.95 Å². The van der Waals surface area contributed by atoms with Crippen LogP contribution >= 0.6 is 34.0 Å². The Bertz CT molecular complexity index is 3550. The van der Waals surface area contributed by atoms with Gasteiger partial charge in [0.05, 0.1) is 16.1 Å². The van der Waals surface area contributed by atoms with Gasteiger partial charge < -0.3 is 0 Å². The highest BCUT2D eigenvalue weighted by Crippen LogP contribution is 2.48. The third kappa shape index (κ3) is 5.43. The van der Waals surface area contributed by atoms with Crippen molar-refractivity contribution in [2.75, 3.05) is 4.90 Å². The second kappa shape index (κ2) is 13.4. The van der Waals surface area contributed by atoms with E-state index in [1.54, 1.807) is 0 Å². The highest BCUT2D eigenvalue weighted by atomic mass is 32.1. The zero-order valence-corrected chi connectivity index (χ0v) is 33.3. The van der Waals surface area contributed by atoms with Crippen LogP contribution in [0, 0.1) is 0 Å². The molecule has 7 heteroatoms. The first-order chi connectivity index (χ1) is 28.7. The Kier molecular flexibility index (Phi) is 7.72. The SMILES string of the molecule is c1ccc(-c2cccc(-c3nc(-c4ccc5sc6ccccc6c5c4)nc(N(c4cccc5c4sc4ccccc45)c4cccc5sc6ccccc6c45)n3)c2)cc1. The van der Waals surface area contributed by atoms with Crippen molar-refractivity contribution in [3.63, 3.8) is 0 Å². The molecule has 0 aliphatic carbocycles. The monoisotopic (exact) mass is 794 g/mol. The van der Waals surface area contributed by atoms with Gasteiger partial charge in [0.15, 0.2) is 11.6 Å². The fourth-order valence-electron chi connectivity index (χ4n) is 8.25. The van der Waals surface area contributed by atoms with Crippen LogP contribution < -0.4 is 4.90 Å². The van der Waals surface area contributed by atoms with E-state index >= 15 is 0 Å². The summed E-state index contributed by atoms with van der Waals surface area (Å²) in [6, 6.07) is 64.9. The van der Waals surface area contributed by atoms with Gasteiger partial charge in [-0.2, -0.15) is 9.97 Å². The van der Waals surface area contributed by atoms with Crippen LogP contribution in [0.4, 0.5) is 17.3 Å². The van der Waals surface area contributed by atoms with E-state index in [1.807, 2.05) is 40.1 Å². The normalized spacial score (nSPS) is 11.8. The Hall–Kier alpha value is -6.77. The van der Waals surface area contributed by atoms with Gasteiger partial charge in [-0.25, -0.2) is 4.98 Å². The molecule has 0 fully saturated rings. The minimum Gasteiger partial charge on any atom is -0.277 e. The molecule has 272 valence electrons. The molecule has 0 unspecified atom stereocenters. The molecule has 0 saturated carbocycles. The predicted octanol–water partition coefficient (Wildman–Crippen LogP) is 15.4. The Labute approximate surface area is 345 Å². The van der Waals surface area contributed by atoms with E-state index in [4.69, 9.17) is 15.0 Å². The zero-order valence-electron chi connectivity index (χ0n) is 30.8. The molecule has 0 amide bonds. The third-order valence-corrected chi connectivity index (χ3v) is 14.4. The maximum Gasteiger partial charge on any atom is 0.238 e. The predicted molar refractivity (Wildman–Crippen MR) is 249 cm³/mol. The number of nitrogens with zero attached hydrogens (tertiary/aromatic N) is 4. The van der Waals surface area contributed by atoms with Gasteiger partial charge in [-0.3, -0.25) is 4.90 Å². The lowest BCUT2D eigenvalue weighted by atomic mass is 10.0. The Morgan fingerprint density at radius 2 is 0.862 bits per heavy atom. The average molecular weight is 795 g/mol. The lowest BCUT2D eigenvalue weighted by molar-refractivity contribution is 1.03. The van der Waals surface area contributed by atoms with Gasteiger partial charge in [0.1, 0.15) is 0 Å². The molecule has 0 aliphatic heterocycles. The van der Waals surface area contributed by atoms with E-state index in [0.29, 0.717) is 17.6 Å². The fourth-order valence-corrected chi connectivity index (χ4v) is 11.7. The molecule has 0 bridgehead atoms. The topological polar surface area (TPSA) is 41.9 Å². The van der Waals surface area contributed by atoms with Crippen LogP contribution in [0.3, 0.4) is 0 Å². The van der Waals surface area contributed by atoms with E-state index in [-0.39, 0.29) is 0 Å². The second-order valence-corrected chi connectivity index (χ2v) is 17.6. The zero-order chi connectivity index (χ0) is 38.2. The number of hydrogen-bond acceptors (Lipinski definition) is 7. The van der Waals surface area contributed by atoms with Crippen molar-refractivity contribution < 1.29 is 0 Å². The van der Waals surface area contributed by atoms with E-state index in [9.17, 15) is 0 Å². The van der Waals surface area contributed by atoms with E-state index in [1.165, 1.54) is 60.5 Å². The molecule has 0 aliphatic rings. The lowest BCUT2D eigenvalue weighted by Crippen LogP contribution is -2.15. The van der Waals surface area contributed by atoms with Crippen LogP contribution in [0.2, 0.25) is 0 Å². The summed E-state index contributed by atoms with van der Waals surface area (Å²) in [4.78, 5) is 18.5. The van der Waals surface area contributed by atoms with Crippen molar-refractivity contribution in [2.45, 2.75) is 0 Å². The molecule has 12 rings (SSSR count). The smallest absolute Gasteiger partial charge is 0.238 e. The van der Waals surface area contributed by atoms with Gasteiger partial charge in [-0.1, -0.05) is 121 Å². The summed E-state index contributed by atoms with van der Waals surface area (Å²) in [6.45, 7) is 0. The summed E-state index contributed by atoms with van der Waals surface area (Å²) >= 11 is 5.44. The number of rotatable bonds is 6. The fraction of sp³-hybridized carbons (Fsp3) is 0. The molecule has 8 aromatic carbocycles. The van der Waals surface area contributed by atoms with Crippen molar-refractivity contribution >= 4 is 112 Å². The maximum atomic E-state index is 5.48. The van der Waals surface area contributed by atoms with Crippen LogP contribution in [-0.4, -0.2) is 15.0 Å². The summed E-state index contributed by atoms with van der Waals surface area (Å²) in [5, 5.41) is 7.30. The van der Waals surface area contributed by atoms with Gasteiger partial charge in [-0.05, 0) is 71.8 Å². The van der Waals surface area contributed by atoms with Gasteiger partial charge >= 0.3 is 0 Å². The van der Waals surface area contributed by atoms with Crippen LogP contribution in [0.1, 0.15) is 0 Å². The molecular weight excluding hydrogens is 765 g/mol. The summed E-state index contributed by atoms with van der Waals surface area (Å²) in [7, 11) is 0. The lowest BCUT2D eigenvalue weighted by Gasteiger charge is -2.25. The first-order valence-corrected chi connectivity index (χ1v) is 21.6. The molecule has 4 heterocycles. The standard InChI is InChI=1S/C51H30N4S3/c1-2-13-31(14-3-1)32-15-10-16-33(29-32)49-52-50(34-27-28-45-39(30-34)36-18-5-7-23-42(36)56-45)54-51(53-49)55(40-21-12-26-46-47(40)38-19-6-9-25-44(38)57-46)41-22-11-20-37-35-17-4-8-24-43(35)58-48(37)41/h1-30H. The molecule has 0 atom stereocenters. The molecule has 12 aromatic rings. The number of aromatic nitrogens is 3. The molecule has 0 radical (unpaired) electrons. The van der Waals surface area contributed by atoms with Crippen LogP contribution in [-0.2, 0) is 0 Å². The molecular formula is C51H30N4S3. The number of benzene rings is 8. The van der Waals surface area contributed by atoms with E-state index in [0.717, 1.165) is 33.6 Å². The Morgan fingerprint density at radius 3 is 1.67 bits per heavy atom. The summed E-state index contributed by atoms with van der Waals surface area (Å²) in [5.41, 5.74) is 6.17. The van der Waals surface area contributed by atoms with Crippen molar-refractivity contribution in [2.24, 2.45) is 0 Å². The molecule has 0 saturated heterocycles. The van der Waals surface area contributed by atoms with Gasteiger partial charge in [-0.15, -0.1) is 34.0 Å². The van der Waals surface area contributed by atoms with Crippen LogP contribution in [0.25, 0.3) is 94.4 Å². The van der Waals surface area contributed by atoms with E-state index < -0.39 is 0 Å². The quantitative estimate of drug-likeness (QED) is 0.168. The number of thiophene rings is 3. The molecule has 4 aromatic heterocycles. The highest BCUT2D eigenvalue weighted by Gasteiger charge is 2.25. The van der Waals surface area contributed by atoms with Crippen LogP contribution in [0.5, 0.6) is 0 Å². The van der Waals surface area contributed by atoms with Crippen molar-refractivity contribution in [3.05, 3.63) is 182 Å². The van der Waals surface area contributed by atoms with Gasteiger partial charge in [0.25, 0.3) is 0 Å².